The Morgan fingerprint density at radius 2 is 1.81 bits per heavy atom. The van der Waals surface area contributed by atoms with Crippen LogP contribution < -0.4 is 15.4 Å². The van der Waals surface area contributed by atoms with Crippen molar-refractivity contribution in [2.75, 3.05) is 17.7 Å². The summed E-state index contributed by atoms with van der Waals surface area (Å²) >= 11 is 0. The first-order chi connectivity index (χ1) is 15.0. The van der Waals surface area contributed by atoms with Crippen LogP contribution in [0.2, 0.25) is 0 Å². The molecule has 8 nitrogen and oxygen atoms in total. The summed E-state index contributed by atoms with van der Waals surface area (Å²) in [5.74, 6) is -0.141. The minimum Gasteiger partial charge on any atom is -0.495 e. The van der Waals surface area contributed by atoms with E-state index in [4.69, 9.17) is 9.26 Å². The van der Waals surface area contributed by atoms with Gasteiger partial charge >= 0.3 is 0 Å². The number of carbonyl (C=O) groups excluding carboxylic acids is 2. The summed E-state index contributed by atoms with van der Waals surface area (Å²) < 4.78 is 10.7. The number of hydrogen-bond acceptors (Lipinski definition) is 6. The third kappa shape index (κ3) is 4.09. The van der Waals surface area contributed by atoms with Crippen LogP contribution >= 0.6 is 0 Å². The Labute approximate surface area is 178 Å². The average molecular weight is 416 g/mol. The van der Waals surface area contributed by atoms with Gasteiger partial charge in [-0.1, -0.05) is 35.5 Å². The number of aromatic nitrogens is 2. The van der Waals surface area contributed by atoms with Crippen LogP contribution in [0.1, 0.15) is 23.0 Å². The van der Waals surface area contributed by atoms with Gasteiger partial charge in [0.25, 0.3) is 11.6 Å². The minimum absolute atomic E-state index is 0.217. The summed E-state index contributed by atoms with van der Waals surface area (Å²) in [5, 5.41) is 10.1. The van der Waals surface area contributed by atoms with E-state index in [1.54, 1.807) is 31.2 Å². The van der Waals surface area contributed by atoms with Gasteiger partial charge < -0.3 is 19.9 Å². The zero-order valence-corrected chi connectivity index (χ0v) is 17.2. The predicted octanol–water partition coefficient (Wildman–Crippen LogP) is 4.42. The highest BCUT2D eigenvalue weighted by atomic mass is 16.5. The van der Waals surface area contributed by atoms with Crippen molar-refractivity contribution >= 4 is 34.3 Å². The molecular weight excluding hydrogens is 396 g/mol. The van der Waals surface area contributed by atoms with Crippen LogP contribution in [0.3, 0.4) is 0 Å². The van der Waals surface area contributed by atoms with Gasteiger partial charge in [-0.05, 0) is 31.2 Å². The van der Waals surface area contributed by atoms with E-state index >= 15 is 0 Å². The number of anilines is 2. The average Bonchev–Trinajstić information content (AvgIpc) is 3.14. The standard InChI is InChI=1S/C23H20N4O4/c1-13-21-17(12-18(26-23(21)31-27-13)15-7-5-4-6-8-15)22(29)25-19-11-16(24-14(2)28)9-10-20(19)30-3/h4-12H,1-3H3,(H,24,28)(H,25,29). The molecule has 2 aromatic heterocycles. The van der Waals surface area contributed by atoms with Gasteiger partial charge in [0.05, 0.1) is 35.1 Å². The zero-order chi connectivity index (χ0) is 22.0. The number of pyridine rings is 1. The Bertz CT molecular complexity index is 1280. The van der Waals surface area contributed by atoms with Gasteiger partial charge in [0.1, 0.15) is 5.75 Å². The lowest BCUT2D eigenvalue weighted by Crippen LogP contribution is -2.14. The summed E-state index contributed by atoms with van der Waals surface area (Å²) in [6.07, 6.45) is 0. The SMILES string of the molecule is COc1ccc(NC(C)=O)cc1NC(=O)c1cc(-c2ccccc2)nc2onc(C)c12. The fraction of sp³-hybridized carbons (Fsp3) is 0.130. The highest BCUT2D eigenvalue weighted by Gasteiger charge is 2.20. The molecule has 0 saturated carbocycles. The Kier molecular flexibility index (Phi) is 5.36. The molecule has 0 bridgehead atoms. The van der Waals surface area contributed by atoms with Crippen molar-refractivity contribution in [2.24, 2.45) is 0 Å². The maximum atomic E-state index is 13.3. The third-order valence-electron chi connectivity index (χ3n) is 4.70. The number of amides is 2. The lowest BCUT2D eigenvalue weighted by atomic mass is 10.0. The number of nitrogens with zero attached hydrogens (tertiary/aromatic N) is 2. The number of benzene rings is 2. The van der Waals surface area contributed by atoms with Crippen LogP contribution in [0, 0.1) is 6.92 Å². The molecule has 0 atom stereocenters. The molecule has 0 saturated heterocycles. The molecule has 156 valence electrons. The number of hydrogen-bond donors (Lipinski definition) is 2. The molecular formula is C23H20N4O4. The molecule has 0 fully saturated rings. The van der Waals surface area contributed by atoms with Crippen molar-refractivity contribution in [2.45, 2.75) is 13.8 Å². The summed E-state index contributed by atoms with van der Waals surface area (Å²) in [5.41, 5.74) is 3.60. The monoisotopic (exact) mass is 416 g/mol. The van der Waals surface area contributed by atoms with Crippen LogP contribution in [0.5, 0.6) is 5.75 Å². The van der Waals surface area contributed by atoms with Gasteiger partial charge in [-0.25, -0.2) is 4.98 Å². The molecule has 31 heavy (non-hydrogen) atoms. The lowest BCUT2D eigenvalue weighted by Gasteiger charge is -2.13. The summed E-state index contributed by atoms with van der Waals surface area (Å²) in [4.78, 5) is 29.2. The summed E-state index contributed by atoms with van der Waals surface area (Å²) in [6, 6.07) is 16.2. The second kappa shape index (κ2) is 8.27. The van der Waals surface area contributed by atoms with Gasteiger partial charge in [-0.3, -0.25) is 9.59 Å². The van der Waals surface area contributed by atoms with E-state index < -0.39 is 0 Å². The van der Waals surface area contributed by atoms with E-state index in [0.29, 0.717) is 39.5 Å². The Hall–Kier alpha value is -4.20. The van der Waals surface area contributed by atoms with Gasteiger partial charge in [0.15, 0.2) is 0 Å². The van der Waals surface area contributed by atoms with Crippen LogP contribution in [-0.2, 0) is 4.79 Å². The van der Waals surface area contributed by atoms with E-state index in [2.05, 4.69) is 20.8 Å². The maximum absolute atomic E-state index is 13.3. The van der Waals surface area contributed by atoms with Crippen molar-refractivity contribution < 1.29 is 18.8 Å². The van der Waals surface area contributed by atoms with E-state index in [1.165, 1.54) is 14.0 Å². The first-order valence-electron chi connectivity index (χ1n) is 9.55. The smallest absolute Gasteiger partial charge is 0.259 e. The Morgan fingerprint density at radius 1 is 1.03 bits per heavy atom. The first-order valence-corrected chi connectivity index (χ1v) is 9.55. The fourth-order valence-corrected chi connectivity index (χ4v) is 3.31. The molecule has 2 N–H and O–H groups in total. The maximum Gasteiger partial charge on any atom is 0.259 e. The highest BCUT2D eigenvalue weighted by molar-refractivity contribution is 6.13. The van der Waals surface area contributed by atoms with Crippen LogP contribution in [0.15, 0.2) is 59.1 Å². The molecule has 0 aliphatic carbocycles. The molecule has 0 spiro atoms. The van der Waals surface area contributed by atoms with Crippen LogP contribution in [-0.4, -0.2) is 29.1 Å². The number of fused-ring (bicyclic) bond motifs is 1. The molecule has 0 unspecified atom stereocenters. The molecule has 2 aromatic carbocycles. The van der Waals surface area contributed by atoms with Gasteiger partial charge in [-0.15, -0.1) is 0 Å². The highest BCUT2D eigenvalue weighted by Crippen LogP contribution is 2.31. The molecule has 8 heteroatoms. The summed E-state index contributed by atoms with van der Waals surface area (Å²) in [6.45, 7) is 3.17. The Morgan fingerprint density at radius 3 is 2.52 bits per heavy atom. The van der Waals surface area contributed by atoms with Gasteiger partial charge in [-0.2, -0.15) is 0 Å². The number of aryl methyl sites for hydroxylation is 1. The first kappa shape index (κ1) is 20.1. The molecule has 4 aromatic rings. The topological polar surface area (TPSA) is 106 Å². The van der Waals surface area contributed by atoms with Crippen molar-refractivity contribution in [1.29, 1.82) is 0 Å². The molecule has 0 aliphatic rings. The number of nitrogens with one attached hydrogen (secondary N) is 2. The molecule has 4 rings (SSSR count). The van der Waals surface area contributed by atoms with E-state index in [9.17, 15) is 9.59 Å². The molecule has 2 heterocycles. The quantitative estimate of drug-likeness (QED) is 0.499. The fourth-order valence-electron chi connectivity index (χ4n) is 3.31. The second-order valence-corrected chi connectivity index (χ2v) is 6.92. The van der Waals surface area contributed by atoms with Crippen molar-refractivity contribution in [3.63, 3.8) is 0 Å². The van der Waals surface area contributed by atoms with Crippen molar-refractivity contribution in [3.8, 4) is 17.0 Å². The number of rotatable bonds is 5. The number of methoxy groups -OCH3 is 1. The number of ether oxygens (including phenoxy) is 1. The van der Waals surface area contributed by atoms with E-state index in [-0.39, 0.29) is 17.5 Å². The van der Waals surface area contributed by atoms with Gasteiger partial charge in [0.2, 0.25) is 5.91 Å². The summed E-state index contributed by atoms with van der Waals surface area (Å²) in [7, 11) is 1.51. The minimum atomic E-state index is -0.380. The van der Waals surface area contributed by atoms with Crippen molar-refractivity contribution in [1.82, 2.24) is 10.1 Å². The molecule has 2 amide bonds. The lowest BCUT2D eigenvalue weighted by molar-refractivity contribution is -0.114. The normalized spacial score (nSPS) is 10.7. The predicted molar refractivity (Wildman–Crippen MR) is 117 cm³/mol. The zero-order valence-electron chi connectivity index (χ0n) is 17.2. The number of carbonyl (C=O) groups is 2. The van der Waals surface area contributed by atoms with Crippen LogP contribution in [0.25, 0.3) is 22.4 Å². The van der Waals surface area contributed by atoms with Gasteiger partial charge in [0, 0.05) is 18.2 Å². The van der Waals surface area contributed by atoms with Crippen LogP contribution in [0.4, 0.5) is 11.4 Å². The molecule has 0 radical (unpaired) electrons. The second-order valence-electron chi connectivity index (χ2n) is 6.92. The molecule has 0 aliphatic heterocycles. The third-order valence-corrected chi connectivity index (χ3v) is 4.70. The Balaban J connectivity index is 1.77. The largest absolute Gasteiger partial charge is 0.495 e. The van der Waals surface area contributed by atoms with E-state index in [1.807, 2.05) is 30.3 Å². The van der Waals surface area contributed by atoms with Crippen molar-refractivity contribution in [3.05, 3.63) is 65.9 Å². The van der Waals surface area contributed by atoms with E-state index in [0.717, 1.165) is 5.56 Å².